The summed E-state index contributed by atoms with van der Waals surface area (Å²) in [4.78, 5) is 15.9. The van der Waals surface area contributed by atoms with Gasteiger partial charge in [0.15, 0.2) is 5.82 Å². The zero-order chi connectivity index (χ0) is 16.4. The highest BCUT2D eigenvalue weighted by molar-refractivity contribution is 9.10. The number of hydrogen-bond donors (Lipinski definition) is 2. The summed E-state index contributed by atoms with van der Waals surface area (Å²) in [7, 11) is 0. The molecule has 0 aliphatic heterocycles. The van der Waals surface area contributed by atoms with E-state index >= 15 is 0 Å². The van der Waals surface area contributed by atoms with Crippen LogP contribution in [-0.4, -0.2) is 16.0 Å². The van der Waals surface area contributed by atoms with Gasteiger partial charge in [0.25, 0.3) is 0 Å². The predicted octanol–water partition coefficient (Wildman–Crippen LogP) is 2.59. The Bertz CT molecular complexity index is 694. The molecular weight excluding hydrogens is 360 g/mol. The molecule has 6 nitrogen and oxygen atoms in total. The molecule has 122 valence electrons. The van der Waals surface area contributed by atoms with Crippen molar-refractivity contribution in [3.8, 4) is 0 Å². The lowest BCUT2D eigenvalue weighted by Gasteiger charge is -2.34. The SMILES string of the molecule is CC(=O)NC(Cc1nc(C2(N)CCC2)no1)c1ccc(Br)cc1. The molecule has 0 bridgehead atoms. The maximum Gasteiger partial charge on any atom is 0.229 e. The minimum Gasteiger partial charge on any atom is -0.349 e. The standard InChI is InChI=1S/C16H19BrN4O2/c1-10(22)19-13(11-3-5-12(17)6-4-11)9-14-20-15(21-23-14)16(18)7-2-8-16/h3-6,13H,2,7-9,18H2,1H3,(H,19,22). The molecule has 1 aliphatic carbocycles. The largest absolute Gasteiger partial charge is 0.349 e. The third kappa shape index (κ3) is 3.61. The van der Waals surface area contributed by atoms with Gasteiger partial charge in [-0.3, -0.25) is 4.79 Å². The molecule has 1 fully saturated rings. The van der Waals surface area contributed by atoms with E-state index in [1.165, 1.54) is 6.92 Å². The Hall–Kier alpha value is -1.73. The number of nitrogens with two attached hydrogens (primary N) is 1. The maximum absolute atomic E-state index is 11.5. The monoisotopic (exact) mass is 378 g/mol. The van der Waals surface area contributed by atoms with Crippen molar-refractivity contribution < 1.29 is 9.32 Å². The second-order valence-corrected chi connectivity index (χ2v) is 6.95. The second-order valence-electron chi connectivity index (χ2n) is 6.03. The van der Waals surface area contributed by atoms with Gasteiger partial charge in [-0.1, -0.05) is 33.2 Å². The van der Waals surface area contributed by atoms with Gasteiger partial charge in [-0.2, -0.15) is 4.98 Å². The first kappa shape index (κ1) is 16.1. The zero-order valence-electron chi connectivity index (χ0n) is 12.9. The fraction of sp³-hybridized carbons (Fsp3) is 0.438. The molecule has 7 heteroatoms. The van der Waals surface area contributed by atoms with Crippen LogP contribution in [0.25, 0.3) is 0 Å². The van der Waals surface area contributed by atoms with Crippen molar-refractivity contribution in [2.45, 2.75) is 44.2 Å². The van der Waals surface area contributed by atoms with Crippen molar-refractivity contribution in [3.05, 3.63) is 46.0 Å². The first-order valence-electron chi connectivity index (χ1n) is 7.61. The van der Waals surface area contributed by atoms with Gasteiger partial charge in [-0.05, 0) is 37.0 Å². The van der Waals surface area contributed by atoms with Gasteiger partial charge >= 0.3 is 0 Å². The van der Waals surface area contributed by atoms with Crippen molar-refractivity contribution in [2.24, 2.45) is 5.73 Å². The van der Waals surface area contributed by atoms with Crippen LogP contribution in [0.2, 0.25) is 0 Å². The lowest BCUT2D eigenvalue weighted by molar-refractivity contribution is -0.119. The van der Waals surface area contributed by atoms with E-state index in [0.717, 1.165) is 29.3 Å². The maximum atomic E-state index is 11.5. The van der Waals surface area contributed by atoms with E-state index in [1.54, 1.807) is 0 Å². The average Bonchev–Trinajstić information content (AvgIpc) is 2.93. The van der Waals surface area contributed by atoms with Crippen LogP contribution in [0.15, 0.2) is 33.3 Å². The van der Waals surface area contributed by atoms with Crippen molar-refractivity contribution in [1.29, 1.82) is 0 Å². The molecule has 1 atom stereocenters. The van der Waals surface area contributed by atoms with E-state index in [-0.39, 0.29) is 11.9 Å². The molecule has 3 N–H and O–H groups in total. The molecule has 1 aromatic heterocycles. The summed E-state index contributed by atoms with van der Waals surface area (Å²) in [6, 6.07) is 7.57. The molecule has 1 aliphatic rings. The number of hydrogen-bond acceptors (Lipinski definition) is 5. The average molecular weight is 379 g/mol. The molecule has 23 heavy (non-hydrogen) atoms. The molecule has 3 rings (SSSR count). The van der Waals surface area contributed by atoms with Crippen LogP contribution < -0.4 is 11.1 Å². The summed E-state index contributed by atoms with van der Waals surface area (Å²) in [6.45, 7) is 1.49. The quantitative estimate of drug-likeness (QED) is 0.833. The number of carbonyl (C=O) groups excluding carboxylic acids is 1. The molecule has 1 aromatic carbocycles. The number of carbonyl (C=O) groups is 1. The van der Waals surface area contributed by atoms with Crippen LogP contribution in [-0.2, 0) is 16.8 Å². The highest BCUT2D eigenvalue weighted by atomic mass is 79.9. The summed E-state index contributed by atoms with van der Waals surface area (Å²) in [5, 5.41) is 6.95. The van der Waals surface area contributed by atoms with Crippen molar-refractivity contribution in [2.75, 3.05) is 0 Å². The smallest absolute Gasteiger partial charge is 0.229 e. The van der Waals surface area contributed by atoms with Gasteiger partial charge in [0.2, 0.25) is 11.8 Å². The van der Waals surface area contributed by atoms with E-state index < -0.39 is 5.54 Å². The van der Waals surface area contributed by atoms with E-state index in [9.17, 15) is 4.79 Å². The molecular formula is C16H19BrN4O2. The predicted molar refractivity (Wildman–Crippen MR) is 88.4 cm³/mol. The Morgan fingerprint density at radius 1 is 1.43 bits per heavy atom. The van der Waals surface area contributed by atoms with Crippen molar-refractivity contribution in [1.82, 2.24) is 15.5 Å². The second kappa shape index (κ2) is 6.41. The molecule has 1 unspecified atom stereocenters. The lowest BCUT2D eigenvalue weighted by Crippen LogP contribution is -2.44. The fourth-order valence-corrected chi connectivity index (χ4v) is 2.95. The summed E-state index contributed by atoms with van der Waals surface area (Å²) in [6.07, 6.45) is 3.29. The Labute approximate surface area is 143 Å². The zero-order valence-corrected chi connectivity index (χ0v) is 14.5. The number of nitrogens with one attached hydrogen (secondary N) is 1. The summed E-state index contributed by atoms with van der Waals surface area (Å²) in [5.74, 6) is 0.946. The molecule has 1 heterocycles. The third-order valence-electron chi connectivity index (χ3n) is 4.19. The number of halogens is 1. The molecule has 1 saturated carbocycles. The van der Waals surface area contributed by atoms with E-state index in [0.29, 0.717) is 18.1 Å². The van der Waals surface area contributed by atoms with Gasteiger partial charge in [-0.25, -0.2) is 0 Å². The van der Waals surface area contributed by atoms with Gasteiger partial charge < -0.3 is 15.6 Å². The first-order valence-corrected chi connectivity index (χ1v) is 8.40. The normalized spacial score (nSPS) is 17.3. The van der Waals surface area contributed by atoms with E-state index in [1.807, 2.05) is 24.3 Å². The summed E-state index contributed by atoms with van der Waals surface area (Å²) in [5.41, 5.74) is 6.76. The number of rotatable bonds is 5. The van der Waals surface area contributed by atoms with Crippen LogP contribution in [0, 0.1) is 0 Å². The number of amides is 1. The highest BCUT2D eigenvalue weighted by Gasteiger charge is 2.39. The summed E-state index contributed by atoms with van der Waals surface area (Å²) < 4.78 is 6.33. The van der Waals surface area contributed by atoms with Crippen LogP contribution in [0.3, 0.4) is 0 Å². The first-order chi connectivity index (χ1) is 11.0. The number of benzene rings is 1. The van der Waals surface area contributed by atoms with Gasteiger partial charge in [0.1, 0.15) is 0 Å². The highest BCUT2D eigenvalue weighted by Crippen LogP contribution is 2.37. The Kier molecular flexibility index (Phi) is 4.50. The van der Waals surface area contributed by atoms with Crippen LogP contribution in [0.5, 0.6) is 0 Å². The molecule has 0 radical (unpaired) electrons. The third-order valence-corrected chi connectivity index (χ3v) is 4.72. The molecule has 2 aromatic rings. The van der Waals surface area contributed by atoms with Gasteiger partial charge in [0, 0.05) is 11.4 Å². The Morgan fingerprint density at radius 3 is 2.70 bits per heavy atom. The summed E-state index contributed by atoms with van der Waals surface area (Å²) >= 11 is 3.41. The fourth-order valence-electron chi connectivity index (χ4n) is 2.69. The van der Waals surface area contributed by atoms with Gasteiger partial charge in [-0.15, -0.1) is 0 Å². The minimum absolute atomic E-state index is 0.105. The molecule has 0 saturated heterocycles. The molecule has 0 spiro atoms. The van der Waals surface area contributed by atoms with Gasteiger partial charge in [0.05, 0.1) is 18.0 Å². The number of nitrogens with zero attached hydrogens (tertiary/aromatic N) is 2. The van der Waals surface area contributed by atoms with E-state index in [2.05, 4.69) is 31.4 Å². The van der Waals surface area contributed by atoms with Crippen molar-refractivity contribution in [3.63, 3.8) is 0 Å². The van der Waals surface area contributed by atoms with Crippen molar-refractivity contribution >= 4 is 21.8 Å². The minimum atomic E-state index is -0.442. The van der Waals surface area contributed by atoms with Crippen LogP contribution >= 0.6 is 15.9 Å². The number of aromatic nitrogens is 2. The molecule has 1 amide bonds. The topological polar surface area (TPSA) is 94.0 Å². The Morgan fingerprint density at radius 2 is 2.13 bits per heavy atom. The van der Waals surface area contributed by atoms with Crippen LogP contribution in [0.4, 0.5) is 0 Å². The van der Waals surface area contributed by atoms with Crippen LogP contribution in [0.1, 0.15) is 49.5 Å². The van der Waals surface area contributed by atoms with E-state index in [4.69, 9.17) is 10.3 Å². The Balaban J connectivity index is 1.78. The lowest BCUT2D eigenvalue weighted by atomic mass is 9.77.